The second-order valence-corrected chi connectivity index (χ2v) is 4.46. The summed E-state index contributed by atoms with van der Waals surface area (Å²) >= 11 is 0. The van der Waals surface area contributed by atoms with Crippen LogP contribution in [-0.2, 0) is 15.6 Å². The SMILES string of the molecule is NCCC(=O)N1CCS(=O)CC1. The Morgan fingerprint density at radius 3 is 2.50 bits per heavy atom. The van der Waals surface area contributed by atoms with Crippen molar-refractivity contribution in [1.82, 2.24) is 4.90 Å². The second-order valence-electron chi connectivity index (χ2n) is 2.77. The summed E-state index contributed by atoms with van der Waals surface area (Å²) in [6.07, 6.45) is 0.409. The fourth-order valence-electron chi connectivity index (χ4n) is 1.17. The van der Waals surface area contributed by atoms with Crippen molar-refractivity contribution >= 4 is 16.7 Å². The zero-order chi connectivity index (χ0) is 8.97. The summed E-state index contributed by atoms with van der Waals surface area (Å²) in [5, 5.41) is 0. The van der Waals surface area contributed by atoms with Crippen molar-refractivity contribution in [2.45, 2.75) is 6.42 Å². The van der Waals surface area contributed by atoms with Gasteiger partial charge in [-0.15, -0.1) is 0 Å². The van der Waals surface area contributed by atoms with Crippen LogP contribution in [0.25, 0.3) is 0 Å². The topological polar surface area (TPSA) is 63.4 Å². The highest BCUT2D eigenvalue weighted by Crippen LogP contribution is 2.01. The van der Waals surface area contributed by atoms with E-state index in [2.05, 4.69) is 0 Å². The maximum absolute atomic E-state index is 11.3. The van der Waals surface area contributed by atoms with E-state index in [1.165, 1.54) is 0 Å². The fraction of sp³-hybridized carbons (Fsp3) is 0.857. The van der Waals surface area contributed by atoms with Crippen molar-refractivity contribution in [3.05, 3.63) is 0 Å². The molecule has 5 heteroatoms. The molecule has 1 saturated heterocycles. The molecule has 1 aliphatic rings. The molecular weight excluding hydrogens is 176 g/mol. The molecule has 1 amide bonds. The van der Waals surface area contributed by atoms with Gasteiger partial charge in [0, 0.05) is 48.4 Å². The highest BCUT2D eigenvalue weighted by atomic mass is 32.2. The third-order valence-electron chi connectivity index (χ3n) is 1.89. The average molecular weight is 190 g/mol. The van der Waals surface area contributed by atoms with Crippen LogP contribution < -0.4 is 5.73 Å². The van der Waals surface area contributed by atoms with Crippen molar-refractivity contribution in [2.75, 3.05) is 31.1 Å². The zero-order valence-corrected chi connectivity index (χ0v) is 7.81. The van der Waals surface area contributed by atoms with Gasteiger partial charge in [-0.3, -0.25) is 9.00 Å². The number of hydrogen-bond donors (Lipinski definition) is 1. The van der Waals surface area contributed by atoms with Gasteiger partial charge in [-0.1, -0.05) is 0 Å². The molecule has 0 saturated carbocycles. The van der Waals surface area contributed by atoms with Gasteiger partial charge in [0.05, 0.1) is 0 Å². The molecular formula is C7H14N2O2S. The van der Waals surface area contributed by atoms with E-state index in [0.717, 1.165) is 0 Å². The van der Waals surface area contributed by atoms with Gasteiger partial charge in [-0.05, 0) is 0 Å². The van der Waals surface area contributed by atoms with Gasteiger partial charge in [0.25, 0.3) is 0 Å². The van der Waals surface area contributed by atoms with E-state index in [9.17, 15) is 9.00 Å². The Morgan fingerprint density at radius 2 is 2.00 bits per heavy atom. The largest absolute Gasteiger partial charge is 0.341 e. The van der Waals surface area contributed by atoms with E-state index in [1.54, 1.807) is 4.90 Å². The normalized spacial score (nSPS) is 19.6. The molecule has 12 heavy (non-hydrogen) atoms. The standard InChI is InChI=1S/C7H14N2O2S/c8-2-1-7(10)9-3-5-12(11)6-4-9/h1-6,8H2. The monoisotopic (exact) mass is 190 g/mol. The highest BCUT2D eigenvalue weighted by molar-refractivity contribution is 7.85. The van der Waals surface area contributed by atoms with Crippen LogP contribution in [-0.4, -0.2) is 46.2 Å². The lowest BCUT2D eigenvalue weighted by Crippen LogP contribution is -2.42. The van der Waals surface area contributed by atoms with Crippen LogP contribution in [0.1, 0.15) is 6.42 Å². The van der Waals surface area contributed by atoms with Gasteiger partial charge in [-0.25, -0.2) is 0 Å². The molecule has 0 aromatic rings. The molecule has 0 aliphatic carbocycles. The molecule has 0 aromatic carbocycles. The van der Waals surface area contributed by atoms with Gasteiger partial charge in [0.1, 0.15) is 0 Å². The fourth-order valence-corrected chi connectivity index (χ4v) is 2.22. The predicted octanol–water partition coefficient (Wildman–Crippen LogP) is -1.07. The van der Waals surface area contributed by atoms with Gasteiger partial charge in [-0.2, -0.15) is 0 Å². The van der Waals surface area contributed by atoms with Crippen molar-refractivity contribution in [3.8, 4) is 0 Å². The third kappa shape index (κ3) is 2.57. The molecule has 1 aliphatic heterocycles. The van der Waals surface area contributed by atoms with E-state index in [0.29, 0.717) is 37.6 Å². The summed E-state index contributed by atoms with van der Waals surface area (Å²) in [4.78, 5) is 13.0. The number of amides is 1. The quantitative estimate of drug-likeness (QED) is 0.603. The van der Waals surface area contributed by atoms with E-state index >= 15 is 0 Å². The number of nitrogens with zero attached hydrogens (tertiary/aromatic N) is 1. The van der Waals surface area contributed by atoms with Crippen molar-refractivity contribution in [3.63, 3.8) is 0 Å². The molecule has 4 nitrogen and oxygen atoms in total. The van der Waals surface area contributed by atoms with Crippen LogP contribution in [0.4, 0.5) is 0 Å². The van der Waals surface area contributed by atoms with E-state index in [4.69, 9.17) is 5.73 Å². The molecule has 0 radical (unpaired) electrons. The minimum atomic E-state index is -0.707. The lowest BCUT2D eigenvalue weighted by atomic mass is 10.3. The van der Waals surface area contributed by atoms with Crippen LogP contribution in [0, 0.1) is 0 Å². The molecule has 0 atom stereocenters. The van der Waals surface area contributed by atoms with Crippen LogP contribution in [0.2, 0.25) is 0 Å². The van der Waals surface area contributed by atoms with Crippen LogP contribution in [0.5, 0.6) is 0 Å². The maximum Gasteiger partial charge on any atom is 0.223 e. The summed E-state index contributed by atoms with van der Waals surface area (Å²) in [5.41, 5.74) is 5.26. The Hall–Kier alpha value is -0.420. The zero-order valence-electron chi connectivity index (χ0n) is 6.99. The van der Waals surface area contributed by atoms with Gasteiger partial charge in [0.15, 0.2) is 0 Å². The first-order valence-corrected chi connectivity index (χ1v) is 5.55. The summed E-state index contributed by atoms with van der Waals surface area (Å²) < 4.78 is 10.9. The van der Waals surface area contributed by atoms with Crippen LogP contribution in [0.3, 0.4) is 0 Å². The Bertz CT molecular complexity index is 186. The first-order chi connectivity index (χ1) is 5.74. The molecule has 0 bridgehead atoms. The first kappa shape index (κ1) is 9.67. The Balaban J connectivity index is 2.33. The van der Waals surface area contributed by atoms with Crippen molar-refractivity contribution in [2.24, 2.45) is 5.73 Å². The number of hydrogen-bond acceptors (Lipinski definition) is 3. The molecule has 0 spiro atoms. The smallest absolute Gasteiger partial charge is 0.223 e. The molecule has 0 aromatic heterocycles. The summed E-state index contributed by atoms with van der Waals surface area (Å²) in [6, 6.07) is 0. The van der Waals surface area contributed by atoms with Crippen LogP contribution >= 0.6 is 0 Å². The maximum atomic E-state index is 11.3. The first-order valence-electron chi connectivity index (χ1n) is 4.07. The van der Waals surface area contributed by atoms with Crippen molar-refractivity contribution in [1.29, 1.82) is 0 Å². The summed E-state index contributed by atoms with van der Waals surface area (Å²) in [6.45, 7) is 1.66. The molecule has 0 unspecified atom stereocenters. The number of nitrogens with two attached hydrogens (primary N) is 1. The van der Waals surface area contributed by atoms with E-state index in [-0.39, 0.29) is 5.91 Å². The van der Waals surface area contributed by atoms with Gasteiger partial charge >= 0.3 is 0 Å². The Labute approximate surface area is 74.6 Å². The average Bonchev–Trinajstić information content (AvgIpc) is 2.06. The third-order valence-corrected chi connectivity index (χ3v) is 3.16. The number of carbonyl (C=O) groups is 1. The highest BCUT2D eigenvalue weighted by Gasteiger charge is 2.18. The minimum absolute atomic E-state index is 0.0919. The van der Waals surface area contributed by atoms with E-state index in [1.807, 2.05) is 0 Å². The number of rotatable bonds is 2. The van der Waals surface area contributed by atoms with Gasteiger partial charge < -0.3 is 10.6 Å². The molecule has 70 valence electrons. The lowest BCUT2D eigenvalue weighted by molar-refractivity contribution is -0.130. The lowest BCUT2D eigenvalue weighted by Gasteiger charge is -2.26. The second kappa shape index (κ2) is 4.57. The molecule has 1 heterocycles. The summed E-state index contributed by atoms with van der Waals surface area (Å²) in [7, 11) is -0.707. The molecule has 1 rings (SSSR count). The van der Waals surface area contributed by atoms with Gasteiger partial charge in [0.2, 0.25) is 5.91 Å². The molecule has 2 N–H and O–H groups in total. The molecule has 1 fully saturated rings. The van der Waals surface area contributed by atoms with Crippen molar-refractivity contribution < 1.29 is 9.00 Å². The minimum Gasteiger partial charge on any atom is -0.341 e. The summed E-state index contributed by atoms with van der Waals surface area (Å²) in [5.74, 6) is 1.33. The Kier molecular flexibility index (Phi) is 3.68. The van der Waals surface area contributed by atoms with E-state index < -0.39 is 10.8 Å². The predicted molar refractivity (Wildman–Crippen MR) is 48.1 cm³/mol. The Morgan fingerprint density at radius 1 is 1.42 bits per heavy atom. The van der Waals surface area contributed by atoms with Crippen LogP contribution in [0.15, 0.2) is 0 Å². The number of carbonyl (C=O) groups excluding carboxylic acids is 1.